The predicted molar refractivity (Wildman–Crippen MR) is 69.8 cm³/mol. The first-order chi connectivity index (χ1) is 8.28. The SMILES string of the molecule is Cc1cc(/C=N/NC(=O)OC(C)(C)C)ccc1O. The van der Waals surface area contributed by atoms with Gasteiger partial charge in [0.25, 0.3) is 0 Å². The number of hydrazone groups is 1. The lowest BCUT2D eigenvalue weighted by molar-refractivity contribution is 0.0529. The van der Waals surface area contributed by atoms with Crippen LogP contribution in [0.5, 0.6) is 5.75 Å². The zero-order valence-corrected chi connectivity index (χ0v) is 11.0. The van der Waals surface area contributed by atoms with Gasteiger partial charge in [0, 0.05) is 0 Å². The van der Waals surface area contributed by atoms with Crippen molar-refractivity contribution in [2.24, 2.45) is 5.10 Å². The normalized spacial score (nSPS) is 11.6. The Labute approximate surface area is 106 Å². The molecule has 0 fully saturated rings. The third-order valence-corrected chi connectivity index (χ3v) is 1.99. The predicted octanol–water partition coefficient (Wildman–Crippen LogP) is 2.56. The third kappa shape index (κ3) is 4.86. The fourth-order valence-electron chi connectivity index (χ4n) is 1.22. The van der Waals surface area contributed by atoms with E-state index in [4.69, 9.17) is 4.74 Å². The summed E-state index contributed by atoms with van der Waals surface area (Å²) in [6, 6.07) is 5.03. The standard InChI is InChI=1S/C13H18N2O3/c1-9-7-10(5-6-11(9)16)8-14-15-12(17)18-13(2,3)4/h5-8,16H,1-4H3,(H,15,17)/b14-8+. The smallest absolute Gasteiger partial charge is 0.428 e. The number of nitrogens with zero attached hydrogens (tertiary/aromatic N) is 1. The number of nitrogens with one attached hydrogen (secondary N) is 1. The van der Waals surface area contributed by atoms with Crippen LogP contribution in [0.1, 0.15) is 31.9 Å². The number of hydrogen-bond donors (Lipinski definition) is 2. The molecule has 0 aliphatic rings. The number of ether oxygens (including phenoxy) is 1. The van der Waals surface area contributed by atoms with Gasteiger partial charge in [-0.05, 0) is 57.0 Å². The first-order valence-corrected chi connectivity index (χ1v) is 5.59. The van der Waals surface area contributed by atoms with E-state index in [-0.39, 0.29) is 5.75 Å². The van der Waals surface area contributed by atoms with Crippen molar-refractivity contribution in [1.82, 2.24) is 5.43 Å². The lowest BCUT2D eigenvalue weighted by Gasteiger charge is -2.18. The van der Waals surface area contributed by atoms with E-state index < -0.39 is 11.7 Å². The van der Waals surface area contributed by atoms with Gasteiger partial charge in [0.1, 0.15) is 11.4 Å². The van der Waals surface area contributed by atoms with Crippen molar-refractivity contribution < 1.29 is 14.6 Å². The summed E-state index contributed by atoms with van der Waals surface area (Å²) in [4.78, 5) is 11.3. The molecule has 18 heavy (non-hydrogen) atoms. The van der Waals surface area contributed by atoms with Crippen LogP contribution in [0.4, 0.5) is 4.79 Å². The summed E-state index contributed by atoms with van der Waals surface area (Å²) < 4.78 is 5.01. The van der Waals surface area contributed by atoms with Gasteiger partial charge in [-0.2, -0.15) is 5.10 Å². The Morgan fingerprint density at radius 1 is 1.44 bits per heavy atom. The average molecular weight is 250 g/mol. The van der Waals surface area contributed by atoms with Crippen LogP contribution in [0, 0.1) is 6.92 Å². The number of aromatic hydroxyl groups is 1. The molecule has 5 heteroatoms. The molecule has 0 aromatic heterocycles. The topological polar surface area (TPSA) is 70.9 Å². The summed E-state index contributed by atoms with van der Waals surface area (Å²) >= 11 is 0. The Bertz CT molecular complexity index is 462. The molecule has 2 N–H and O–H groups in total. The van der Waals surface area contributed by atoms with Gasteiger partial charge in [0.05, 0.1) is 6.21 Å². The molecule has 1 amide bonds. The van der Waals surface area contributed by atoms with E-state index in [1.807, 2.05) is 0 Å². The number of carbonyl (C=O) groups is 1. The number of amides is 1. The average Bonchev–Trinajstić information content (AvgIpc) is 2.20. The zero-order chi connectivity index (χ0) is 13.8. The second-order valence-corrected chi connectivity index (χ2v) is 4.92. The molecule has 1 rings (SSSR count). The molecule has 98 valence electrons. The molecule has 1 aromatic rings. The van der Waals surface area contributed by atoms with Crippen LogP contribution in [-0.2, 0) is 4.74 Å². The minimum absolute atomic E-state index is 0.229. The van der Waals surface area contributed by atoms with E-state index >= 15 is 0 Å². The molecule has 0 aliphatic carbocycles. The van der Waals surface area contributed by atoms with Crippen molar-refractivity contribution in [1.29, 1.82) is 0 Å². The second kappa shape index (κ2) is 5.53. The minimum Gasteiger partial charge on any atom is -0.508 e. The summed E-state index contributed by atoms with van der Waals surface area (Å²) in [5.74, 6) is 0.229. The molecular formula is C13H18N2O3. The maximum absolute atomic E-state index is 11.3. The van der Waals surface area contributed by atoms with Gasteiger partial charge in [0.15, 0.2) is 0 Å². The van der Waals surface area contributed by atoms with E-state index in [2.05, 4.69) is 10.5 Å². The maximum Gasteiger partial charge on any atom is 0.428 e. The maximum atomic E-state index is 11.3. The van der Waals surface area contributed by atoms with Crippen molar-refractivity contribution in [3.63, 3.8) is 0 Å². The van der Waals surface area contributed by atoms with Crippen LogP contribution in [0.3, 0.4) is 0 Å². The fraction of sp³-hybridized carbons (Fsp3) is 0.385. The Hall–Kier alpha value is -2.04. The highest BCUT2D eigenvalue weighted by Gasteiger charge is 2.15. The molecule has 0 bridgehead atoms. The Morgan fingerprint density at radius 2 is 2.11 bits per heavy atom. The first-order valence-electron chi connectivity index (χ1n) is 5.59. The van der Waals surface area contributed by atoms with Gasteiger partial charge in [-0.1, -0.05) is 0 Å². The quantitative estimate of drug-likeness (QED) is 0.626. The molecule has 0 radical (unpaired) electrons. The van der Waals surface area contributed by atoms with Crippen molar-refractivity contribution in [3.05, 3.63) is 29.3 Å². The molecule has 1 aromatic carbocycles. The number of rotatable bonds is 2. The molecule has 0 saturated carbocycles. The molecule has 0 unspecified atom stereocenters. The highest BCUT2D eigenvalue weighted by Crippen LogP contribution is 2.15. The van der Waals surface area contributed by atoms with Crippen LogP contribution in [-0.4, -0.2) is 23.0 Å². The number of phenolic OH excluding ortho intramolecular Hbond substituents is 1. The number of phenols is 1. The van der Waals surface area contributed by atoms with Crippen LogP contribution in [0.25, 0.3) is 0 Å². The van der Waals surface area contributed by atoms with Gasteiger partial charge < -0.3 is 9.84 Å². The summed E-state index contributed by atoms with van der Waals surface area (Å²) in [6.07, 6.45) is 0.880. The molecule has 0 spiro atoms. The van der Waals surface area contributed by atoms with E-state index in [1.54, 1.807) is 45.9 Å². The largest absolute Gasteiger partial charge is 0.508 e. The molecule has 0 saturated heterocycles. The number of aryl methyl sites for hydroxylation is 1. The minimum atomic E-state index is -0.603. The Morgan fingerprint density at radius 3 is 2.67 bits per heavy atom. The zero-order valence-electron chi connectivity index (χ0n) is 11.0. The summed E-state index contributed by atoms with van der Waals surface area (Å²) in [5.41, 5.74) is 3.25. The van der Waals surface area contributed by atoms with E-state index in [0.29, 0.717) is 0 Å². The third-order valence-electron chi connectivity index (χ3n) is 1.99. The first kappa shape index (κ1) is 14.0. The number of carbonyl (C=O) groups excluding carboxylic acids is 1. The van der Waals surface area contributed by atoms with Gasteiger partial charge in [-0.25, -0.2) is 10.2 Å². The van der Waals surface area contributed by atoms with Gasteiger partial charge in [-0.15, -0.1) is 0 Å². The summed E-state index contributed by atoms with van der Waals surface area (Å²) in [7, 11) is 0. The van der Waals surface area contributed by atoms with Crippen molar-refractivity contribution in [3.8, 4) is 5.75 Å². The highest BCUT2D eigenvalue weighted by molar-refractivity contribution is 5.81. The van der Waals surface area contributed by atoms with Crippen LogP contribution >= 0.6 is 0 Å². The lowest BCUT2D eigenvalue weighted by Crippen LogP contribution is -2.29. The Kier molecular flexibility index (Phi) is 4.31. The van der Waals surface area contributed by atoms with E-state index in [1.165, 1.54) is 6.21 Å². The van der Waals surface area contributed by atoms with E-state index in [0.717, 1.165) is 11.1 Å². The van der Waals surface area contributed by atoms with Crippen LogP contribution < -0.4 is 5.43 Å². The molecule has 0 aliphatic heterocycles. The lowest BCUT2D eigenvalue weighted by atomic mass is 10.1. The highest BCUT2D eigenvalue weighted by atomic mass is 16.6. The molecule has 0 atom stereocenters. The summed E-state index contributed by atoms with van der Waals surface area (Å²) in [5, 5.41) is 13.1. The van der Waals surface area contributed by atoms with Crippen LogP contribution in [0.15, 0.2) is 23.3 Å². The van der Waals surface area contributed by atoms with Gasteiger partial charge in [0.2, 0.25) is 0 Å². The molecule has 0 heterocycles. The van der Waals surface area contributed by atoms with Gasteiger partial charge in [-0.3, -0.25) is 0 Å². The van der Waals surface area contributed by atoms with E-state index in [9.17, 15) is 9.90 Å². The van der Waals surface area contributed by atoms with Crippen LogP contribution in [0.2, 0.25) is 0 Å². The van der Waals surface area contributed by atoms with Crippen molar-refractivity contribution >= 4 is 12.3 Å². The fourth-order valence-corrected chi connectivity index (χ4v) is 1.22. The number of benzene rings is 1. The Balaban J connectivity index is 2.55. The van der Waals surface area contributed by atoms with Gasteiger partial charge >= 0.3 is 6.09 Å². The molecular weight excluding hydrogens is 232 g/mol. The number of hydrogen-bond acceptors (Lipinski definition) is 4. The monoisotopic (exact) mass is 250 g/mol. The molecule has 5 nitrogen and oxygen atoms in total. The van der Waals surface area contributed by atoms with Crippen molar-refractivity contribution in [2.75, 3.05) is 0 Å². The second-order valence-electron chi connectivity index (χ2n) is 4.92. The summed E-state index contributed by atoms with van der Waals surface area (Å²) in [6.45, 7) is 7.12. The van der Waals surface area contributed by atoms with Crippen molar-refractivity contribution in [2.45, 2.75) is 33.3 Å².